The Bertz CT molecular complexity index is 1210. The minimum Gasteiger partial charge on any atom is -0.457 e. The number of nitrogens with one attached hydrogen (secondary N) is 1. The fourth-order valence-electron chi connectivity index (χ4n) is 8.57. The van der Waals surface area contributed by atoms with Gasteiger partial charge in [0.15, 0.2) is 18.1 Å². The average Bonchev–Trinajstić information content (AvgIpc) is 3.16. The lowest BCUT2D eigenvalue weighted by Crippen LogP contribution is -2.69. The smallest absolute Gasteiger partial charge is 0.308 e. The van der Waals surface area contributed by atoms with Gasteiger partial charge in [-0.05, 0) is 69.4 Å². The van der Waals surface area contributed by atoms with E-state index in [0.29, 0.717) is 44.1 Å². The number of aliphatic hydroxyl groups excluding tert-OH is 1. The number of carbonyl (C=O) groups excluding carboxylic acids is 4. The third kappa shape index (κ3) is 5.90. The van der Waals surface area contributed by atoms with Gasteiger partial charge in [0.05, 0.1) is 24.5 Å². The van der Waals surface area contributed by atoms with Crippen LogP contribution in [0.3, 0.4) is 0 Å². The highest BCUT2D eigenvalue weighted by atomic mass is 19.1. The molecule has 0 heterocycles. The quantitative estimate of drug-likeness (QED) is 0.115. The Morgan fingerprint density at radius 3 is 2.57 bits per heavy atom. The van der Waals surface area contributed by atoms with E-state index in [-0.39, 0.29) is 49.5 Å². The summed E-state index contributed by atoms with van der Waals surface area (Å²) in [5.41, 5.74) is -5.74. The summed E-state index contributed by atoms with van der Waals surface area (Å²) in [6.45, 7) is 4.55. The summed E-state index contributed by atoms with van der Waals surface area (Å²) in [6.07, 6.45) is 5.57. The van der Waals surface area contributed by atoms with E-state index >= 15 is 4.39 Å². The monoisotopic (exact) mass is 624 g/mol. The number of halogens is 1. The highest BCUT2D eigenvalue weighted by Crippen LogP contribution is 2.70. The summed E-state index contributed by atoms with van der Waals surface area (Å²) in [5, 5.41) is 42.5. The number of carbonyl (C=O) groups is 4. The standard InChI is InChI=1S/C31H45FN2O10/c1-19-15-23-22-9-8-20-16-21(35)10-12-28(20,2)30(22,32)24(36)17-29(23,3)31(19,40)25(37)18-43-27(39)11-13-33-26(38)7-5-4-6-14-44-34(41)42/h10,12,16,19,22-24,36,40-42H,4-9,11,13-15,17-18H2,1-3H3,(H,33,38)/t19-,22+,23+,24+,28+,29+,30+,31+/m1/s1. The Kier molecular flexibility index (Phi) is 10.2. The van der Waals surface area contributed by atoms with Crippen LogP contribution in [0, 0.1) is 28.6 Å². The molecule has 0 aromatic heterocycles. The van der Waals surface area contributed by atoms with Gasteiger partial charge >= 0.3 is 5.97 Å². The van der Waals surface area contributed by atoms with Crippen LogP contribution in [0.5, 0.6) is 0 Å². The molecule has 0 aromatic carbocycles. The molecule has 4 rings (SSSR count). The zero-order valence-electron chi connectivity index (χ0n) is 25.6. The van der Waals surface area contributed by atoms with Crippen LogP contribution in [0.25, 0.3) is 0 Å². The van der Waals surface area contributed by atoms with Crippen LogP contribution in [0.15, 0.2) is 23.8 Å². The Labute approximate surface area is 256 Å². The Hall–Kier alpha value is -2.55. The Balaban J connectivity index is 1.32. The molecule has 0 unspecified atom stereocenters. The molecule has 4 aliphatic carbocycles. The number of alkyl halides is 1. The van der Waals surface area contributed by atoms with Crippen LogP contribution in [0.1, 0.15) is 78.6 Å². The summed E-state index contributed by atoms with van der Waals surface area (Å²) in [6, 6.07) is 0. The minimum absolute atomic E-state index is 0.00110. The topological polar surface area (TPSA) is 183 Å². The number of ketones is 2. The first-order valence-electron chi connectivity index (χ1n) is 15.4. The van der Waals surface area contributed by atoms with Crippen LogP contribution in [-0.2, 0) is 28.8 Å². The molecule has 0 bridgehead atoms. The van der Waals surface area contributed by atoms with Crippen molar-refractivity contribution in [2.75, 3.05) is 19.8 Å². The van der Waals surface area contributed by atoms with Crippen LogP contribution in [0.4, 0.5) is 4.39 Å². The molecule has 4 aliphatic rings. The van der Waals surface area contributed by atoms with Gasteiger partial charge in [0, 0.05) is 29.7 Å². The molecule has 0 aromatic rings. The van der Waals surface area contributed by atoms with E-state index in [0.717, 1.165) is 0 Å². The van der Waals surface area contributed by atoms with Crippen molar-refractivity contribution in [3.8, 4) is 0 Å². The van der Waals surface area contributed by atoms with Gasteiger partial charge in [-0.2, -0.15) is 0 Å². The number of hydrogen-bond acceptors (Lipinski definition) is 11. The number of aliphatic hydroxyl groups is 2. The molecule has 0 spiro atoms. The first-order valence-corrected chi connectivity index (χ1v) is 15.4. The molecule has 12 nitrogen and oxygen atoms in total. The van der Waals surface area contributed by atoms with E-state index in [9.17, 15) is 29.4 Å². The highest BCUT2D eigenvalue weighted by Gasteiger charge is 2.75. The number of rotatable bonds is 13. The van der Waals surface area contributed by atoms with Crippen molar-refractivity contribution in [2.45, 2.75) is 95.9 Å². The summed E-state index contributed by atoms with van der Waals surface area (Å²) in [7, 11) is 0. The molecule has 246 valence electrons. The molecule has 0 radical (unpaired) electrons. The van der Waals surface area contributed by atoms with E-state index in [1.165, 1.54) is 12.2 Å². The molecular weight excluding hydrogens is 579 g/mol. The van der Waals surface area contributed by atoms with Gasteiger partial charge in [0.25, 0.3) is 0 Å². The van der Waals surface area contributed by atoms with Crippen molar-refractivity contribution in [2.24, 2.45) is 28.6 Å². The van der Waals surface area contributed by atoms with Gasteiger partial charge in [0.1, 0.15) is 5.60 Å². The number of esters is 1. The predicted molar refractivity (Wildman–Crippen MR) is 151 cm³/mol. The third-order valence-corrected chi connectivity index (χ3v) is 10.9. The molecule has 1 amide bonds. The minimum atomic E-state index is -2.08. The third-order valence-electron chi connectivity index (χ3n) is 10.9. The van der Waals surface area contributed by atoms with E-state index in [4.69, 9.17) is 15.2 Å². The number of fused-ring (bicyclic) bond motifs is 5. The molecule has 0 aliphatic heterocycles. The number of hydrogen-bond donors (Lipinski definition) is 5. The lowest BCUT2D eigenvalue weighted by atomic mass is 9.44. The van der Waals surface area contributed by atoms with Gasteiger partial charge in [-0.3, -0.25) is 34.4 Å². The van der Waals surface area contributed by atoms with E-state index in [1.54, 1.807) is 26.8 Å². The Morgan fingerprint density at radius 1 is 1.14 bits per heavy atom. The largest absolute Gasteiger partial charge is 0.457 e. The fourth-order valence-corrected chi connectivity index (χ4v) is 8.57. The average molecular weight is 625 g/mol. The first kappa shape index (κ1) is 34.3. The van der Waals surface area contributed by atoms with Gasteiger partial charge in [-0.15, -0.1) is 0 Å². The van der Waals surface area contributed by atoms with E-state index in [2.05, 4.69) is 10.2 Å². The second-order valence-electron chi connectivity index (χ2n) is 13.2. The second kappa shape index (κ2) is 13.1. The van der Waals surface area contributed by atoms with E-state index < -0.39 is 64.3 Å². The normalized spacial score (nSPS) is 37.6. The zero-order chi connectivity index (χ0) is 32.5. The summed E-state index contributed by atoms with van der Waals surface area (Å²) < 4.78 is 22.5. The highest BCUT2D eigenvalue weighted by molar-refractivity contribution is 6.01. The maximum atomic E-state index is 17.3. The number of Topliss-reactive ketones (excluding diaryl/α,β-unsaturated/α-hetero) is 1. The van der Waals surface area contributed by atoms with Crippen LogP contribution < -0.4 is 5.32 Å². The first-order chi connectivity index (χ1) is 20.6. The molecule has 44 heavy (non-hydrogen) atoms. The molecular formula is C31H45FN2O10. The van der Waals surface area contributed by atoms with Gasteiger partial charge in [0.2, 0.25) is 11.7 Å². The van der Waals surface area contributed by atoms with Crippen LogP contribution >= 0.6 is 0 Å². The molecule has 3 fully saturated rings. The summed E-state index contributed by atoms with van der Waals surface area (Å²) in [4.78, 5) is 54.4. The van der Waals surface area contributed by atoms with Gasteiger partial charge in [-0.25, -0.2) is 4.39 Å². The van der Waals surface area contributed by atoms with Crippen molar-refractivity contribution in [3.63, 3.8) is 0 Å². The number of amides is 1. The van der Waals surface area contributed by atoms with Crippen molar-refractivity contribution < 1.29 is 53.8 Å². The number of unbranched alkanes of at least 4 members (excludes halogenated alkanes) is 2. The van der Waals surface area contributed by atoms with Crippen LogP contribution in [0.2, 0.25) is 0 Å². The maximum absolute atomic E-state index is 17.3. The molecule has 3 saturated carbocycles. The number of allylic oxidation sites excluding steroid dienone is 4. The molecule has 0 saturated heterocycles. The van der Waals surface area contributed by atoms with Crippen molar-refractivity contribution >= 4 is 23.4 Å². The lowest BCUT2D eigenvalue weighted by molar-refractivity contribution is -0.492. The number of nitrogens with zero attached hydrogens (tertiary/aromatic N) is 1. The molecule has 8 atom stereocenters. The molecule has 5 N–H and O–H groups in total. The molecule has 13 heteroatoms. The van der Waals surface area contributed by atoms with Gasteiger partial charge in [-0.1, -0.05) is 31.9 Å². The predicted octanol–water partition coefficient (Wildman–Crippen LogP) is 2.53. The van der Waals surface area contributed by atoms with E-state index in [1.807, 2.05) is 0 Å². The lowest BCUT2D eigenvalue weighted by Gasteiger charge is -2.62. The SMILES string of the molecule is C[C@@H]1C[C@H]2[C@@H]3CCC4=CC(=O)C=C[C@]4(C)[C@@]3(F)[C@@H](O)C[C@]2(C)[C@@]1(O)C(=O)COC(=O)CCNC(=O)CCCCCON(O)O. The second-order valence-corrected chi connectivity index (χ2v) is 13.2. The summed E-state index contributed by atoms with van der Waals surface area (Å²) in [5.74, 6) is -3.58. The number of ether oxygens (including phenoxy) is 1. The maximum Gasteiger partial charge on any atom is 0.308 e. The van der Waals surface area contributed by atoms with Crippen molar-refractivity contribution in [3.05, 3.63) is 23.8 Å². The van der Waals surface area contributed by atoms with Crippen molar-refractivity contribution in [1.29, 1.82) is 0 Å². The zero-order valence-corrected chi connectivity index (χ0v) is 25.6. The van der Waals surface area contributed by atoms with Crippen molar-refractivity contribution in [1.82, 2.24) is 10.7 Å². The summed E-state index contributed by atoms with van der Waals surface area (Å²) >= 11 is 0. The fraction of sp³-hybridized carbons (Fsp3) is 0.742. The van der Waals surface area contributed by atoms with Gasteiger partial charge < -0.3 is 20.3 Å². The van der Waals surface area contributed by atoms with Crippen LogP contribution in [-0.4, -0.2) is 86.6 Å². The Morgan fingerprint density at radius 2 is 1.86 bits per heavy atom.